The Morgan fingerprint density at radius 2 is 1.75 bits per heavy atom. The van der Waals surface area contributed by atoms with E-state index in [2.05, 4.69) is 0 Å². The van der Waals surface area contributed by atoms with Crippen molar-refractivity contribution in [2.45, 2.75) is 11.8 Å². The molecule has 2 aromatic carbocycles. The summed E-state index contributed by atoms with van der Waals surface area (Å²) in [6.07, 6.45) is 0. The highest BCUT2D eigenvalue weighted by Crippen LogP contribution is 2.22. The van der Waals surface area contributed by atoms with Gasteiger partial charge in [0.25, 0.3) is 0 Å². The van der Waals surface area contributed by atoms with Crippen LogP contribution in [-0.2, 0) is 9.84 Å². The maximum Gasteiger partial charge on any atom is 0.183 e. The van der Waals surface area contributed by atoms with Gasteiger partial charge in [-0.05, 0) is 30.7 Å². The van der Waals surface area contributed by atoms with E-state index >= 15 is 0 Å². The van der Waals surface area contributed by atoms with Crippen molar-refractivity contribution in [2.24, 2.45) is 0 Å². The van der Waals surface area contributed by atoms with Gasteiger partial charge in [-0.2, -0.15) is 0 Å². The number of ether oxygens (including phenoxy) is 1. The fourth-order valence-electron chi connectivity index (χ4n) is 1.82. The van der Waals surface area contributed by atoms with Crippen molar-refractivity contribution in [2.75, 3.05) is 18.1 Å². The van der Waals surface area contributed by atoms with Gasteiger partial charge in [-0.3, -0.25) is 0 Å². The van der Waals surface area contributed by atoms with Gasteiger partial charge in [0.2, 0.25) is 0 Å². The van der Waals surface area contributed by atoms with E-state index in [4.69, 9.17) is 10.5 Å². The van der Waals surface area contributed by atoms with Crippen LogP contribution in [0.3, 0.4) is 0 Å². The molecule has 0 saturated carbocycles. The zero-order valence-corrected chi connectivity index (χ0v) is 12.1. The number of nitrogen functional groups attached to an aromatic ring is 1. The first-order valence-electron chi connectivity index (χ1n) is 6.26. The predicted octanol–water partition coefficient (Wildman–Crippen LogP) is 2.43. The number of rotatable bonds is 5. The highest BCUT2D eigenvalue weighted by atomic mass is 32.2. The van der Waals surface area contributed by atoms with Crippen LogP contribution < -0.4 is 10.5 Å². The lowest BCUT2D eigenvalue weighted by atomic mass is 10.2. The van der Waals surface area contributed by atoms with Crippen LogP contribution in [0.1, 0.15) is 5.56 Å². The van der Waals surface area contributed by atoms with E-state index in [9.17, 15) is 8.42 Å². The first-order chi connectivity index (χ1) is 9.50. The van der Waals surface area contributed by atoms with Crippen molar-refractivity contribution in [3.63, 3.8) is 0 Å². The van der Waals surface area contributed by atoms with Crippen LogP contribution in [0.4, 0.5) is 5.69 Å². The lowest BCUT2D eigenvalue weighted by Gasteiger charge is -2.10. The molecule has 0 spiro atoms. The van der Waals surface area contributed by atoms with Crippen LogP contribution in [0.2, 0.25) is 0 Å². The summed E-state index contributed by atoms with van der Waals surface area (Å²) in [6.45, 7) is 1.88. The Morgan fingerprint density at radius 1 is 1.05 bits per heavy atom. The van der Waals surface area contributed by atoms with Crippen molar-refractivity contribution in [1.29, 1.82) is 0 Å². The molecule has 2 rings (SSSR count). The second-order valence-electron chi connectivity index (χ2n) is 4.47. The third-order valence-corrected chi connectivity index (χ3v) is 4.71. The summed E-state index contributed by atoms with van der Waals surface area (Å²) < 4.78 is 29.9. The average molecular weight is 291 g/mol. The molecule has 0 radical (unpaired) electrons. The third kappa shape index (κ3) is 3.30. The molecule has 0 atom stereocenters. The molecule has 0 saturated heterocycles. The monoisotopic (exact) mass is 291 g/mol. The molecule has 0 aliphatic carbocycles. The lowest BCUT2D eigenvalue weighted by molar-refractivity contribution is 0.341. The lowest BCUT2D eigenvalue weighted by Crippen LogP contribution is -2.16. The van der Waals surface area contributed by atoms with Crippen LogP contribution in [0.5, 0.6) is 5.75 Å². The number of anilines is 1. The van der Waals surface area contributed by atoms with Gasteiger partial charge in [-0.1, -0.05) is 30.3 Å². The van der Waals surface area contributed by atoms with Gasteiger partial charge in [-0.25, -0.2) is 8.42 Å². The SMILES string of the molecule is Cc1cccc(S(=O)(=O)CCOc2ccccc2)c1N. The normalized spacial score (nSPS) is 11.2. The van der Waals surface area contributed by atoms with Crippen molar-refractivity contribution >= 4 is 15.5 Å². The van der Waals surface area contributed by atoms with Crippen LogP contribution >= 0.6 is 0 Å². The van der Waals surface area contributed by atoms with E-state index < -0.39 is 9.84 Å². The summed E-state index contributed by atoms with van der Waals surface area (Å²) in [7, 11) is -3.43. The Bertz CT molecular complexity index is 682. The maximum atomic E-state index is 12.2. The van der Waals surface area contributed by atoms with E-state index in [1.165, 1.54) is 6.07 Å². The van der Waals surface area contributed by atoms with E-state index in [0.717, 1.165) is 5.56 Å². The molecular weight excluding hydrogens is 274 g/mol. The van der Waals surface area contributed by atoms with Gasteiger partial charge < -0.3 is 10.5 Å². The van der Waals surface area contributed by atoms with Gasteiger partial charge in [0.1, 0.15) is 12.4 Å². The van der Waals surface area contributed by atoms with Crippen LogP contribution in [0.25, 0.3) is 0 Å². The van der Waals surface area contributed by atoms with Gasteiger partial charge in [0.05, 0.1) is 16.3 Å². The molecule has 0 fully saturated rings. The first kappa shape index (κ1) is 14.4. The standard InChI is InChI=1S/C15H17NO3S/c1-12-6-5-9-14(15(12)16)20(17,18)11-10-19-13-7-3-2-4-8-13/h2-9H,10-11,16H2,1H3. The Labute approximate surface area is 119 Å². The summed E-state index contributed by atoms with van der Waals surface area (Å²) >= 11 is 0. The van der Waals surface area contributed by atoms with Gasteiger partial charge >= 0.3 is 0 Å². The number of sulfone groups is 1. The Morgan fingerprint density at radius 3 is 2.45 bits per heavy atom. The highest BCUT2D eigenvalue weighted by molar-refractivity contribution is 7.91. The molecule has 0 aliphatic heterocycles. The third-order valence-electron chi connectivity index (χ3n) is 2.98. The smallest absolute Gasteiger partial charge is 0.183 e. The molecule has 0 aromatic heterocycles. The Balaban J connectivity index is 2.06. The largest absolute Gasteiger partial charge is 0.493 e. The molecule has 0 heterocycles. The topological polar surface area (TPSA) is 69.4 Å². The van der Waals surface area contributed by atoms with Crippen molar-refractivity contribution in [1.82, 2.24) is 0 Å². The number of nitrogens with two attached hydrogens (primary N) is 1. The Kier molecular flexibility index (Phi) is 4.29. The zero-order valence-electron chi connectivity index (χ0n) is 11.2. The molecule has 5 heteroatoms. The molecule has 2 aromatic rings. The second kappa shape index (κ2) is 5.96. The molecular formula is C15H17NO3S. The Hall–Kier alpha value is -2.01. The summed E-state index contributed by atoms with van der Waals surface area (Å²) in [6, 6.07) is 14.1. The molecule has 0 bridgehead atoms. The molecule has 0 unspecified atom stereocenters. The van der Waals surface area contributed by atoms with Crippen LogP contribution in [0, 0.1) is 6.92 Å². The minimum atomic E-state index is -3.43. The van der Waals surface area contributed by atoms with Gasteiger partial charge in [0.15, 0.2) is 9.84 Å². The van der Waals surface area contributed by atoms with E-state index in [0.29, 0.717) is 11.4 Å². The minimum Gasteiger partial charge on any atom is -0.493 e. The van der Waals surface area contributed by atoms with E-state index in [1.807, 2.05) is 18.2 Å². The summed E-state index contributed by atoms with van der Waals surface area (Å²) in [5.41, 5.74) is 6.90. The minimum absolute atomic E-state index is 0.0970. The van der Waals surface area contributed by atoms with Crippen LogP contribution in [-0.4, -0.2) is 20.8 Å². The molecule has 4 nitrogen and oxygen atoms in total. The summed E-state index contributed by atoms with van der Waals surface area (Å²) in [5.74, 6) is 0.551. The summed E-state index contributed by atoms with van der Waals surface area (Å²) in [5, 5.41) is 0. The van der Waals surface area contributed by atoms with E-state index in [-0.39, 0.29) is 17.3 Å². The molecule has 106 valence electrons. The molecule has 0 aliphatic rings. The number of hydrogen-bond acceptors (Lipinski definition) is 4. The number of benzene rings is 2. The van der Waals surface area contributed by atoms with Crippen LogP contribution in [0.15, 0.2) is 53.4 Å². The molecule has 20 heavy (non-hydrogen) atoms. The number of hydrogen-bond donors (Lipinski definition) is 1. The van der Waals surface area contributed by atoms with Gasteiger partial charge in [0, 0.05) is 0 Å². The highest BCUT2D eigenvalue weighted by Gasteiger charge is 2.18. The second-order valence-corrected chi connectivity index (χ2v) is 6.54. The molecule has 0 amide bonds. The van der Waals surface area contributed by atoms with Crippen molar-refractivity contribution in [3.8, 4) is 5.75 Å². The van der Waals surface area contributed by atoms with E-state index in [1.54, 1.807) is 31.2 Å². The molecule has 2 N–H and O–H groups in total. The number of aryl methyl sites for hydroxylation is 1. The fourth-order valence-corrected chi connectivity index (χ4v) is 3.13. The fraction of sp³-hybridized carbons (Fsp3) is 0.200. The maximum absolute atomic E-state index is 12.2. The first-order valence-corrected chi connectivity index (χ1v) is 7.91. The number of para-hydroxylation sites is 2. The van der Waals surface area contributed by atoms with Crippen molar-refractivity contribution in [3.05, 3.63) is 54.1 Å². The zero-order chi connectivity index (χ0) is 14.6. The predicted molar refractivity (Wildman–Crippen MR) is 79.6 cm³/mol. The average Bonchev–Trinajstić information content (AvgIpc) is 2.42. The van der Waals surface area contributed by atoms with Gasteiger partial charge in [-0.15, -0.1) is 0 Å². The summed E-state index contributed by atoms with van der Waals surface area (Å²) in [4.78, 5) is 0.175. The quantitative estimate of drug-likeness (QED) is 0.859. The van der Waals surface area contributed by atoms with Crippen molar-refractivity contribution < 1.29 is 13.2 Å².